The summed E-state index contributed by atoms with van der Waals surface area (Å²) in [5, 5.41) is 14.3. The average molecular weight is 943 g/mol. The number of pyridine rings is 2. The molecule has 0 fully saturated rings. The summed E-state index contributed by atoms with van der Waals surface area (Å²) in [5.41, 5.74) is 14.6. The van der Waals surface area contributed by atoms with Crippen LogP contribution in [0.5, 0.6) is 0 Å². The van der Waals surface area contributed by atoms with E-state index in [1.165, 1.54) is 10.8 Å². The van der Waals surface area contributed by atoms with E-state index in [0.29, 0.717) is 10.8 Å². The Morgan fingerprint density at radius 2 is 0.595 bits per heavy atom. The summed E-state index contributed by atoms with van der Waals surface area (Å²) in [5.74, 6) is 0. The van der Waals surface area contributed by atoms with E-state index < -0.39 is 0 Å². The molecular weight excluding hydrogens is 905 g/mol. The predicted octanol–water partition coefficient (Wildman–Crippen LogP) is 16.2. The highest BCUT2D eigenvalue weighted by Crippen LogP contribution is 2.43. The minimum Gasteiger partial charge on any atom is -0.309 e. The molecule has 0 radical (unpaired) electrons. The number of para-hydroxylation sites is 5. The lowest BCUT2D eigenvalue weighted by Gasteiger charge is -2.13. The molecule has 6 aromatic heterocycles. The summed E-state index contributed by atoms with van der Waals surface area (Å²) in [6, 6.07) is 81.5. The summed E-state index contributed by atoms with van der Waals surface area (Å²) in [4.78, 5) is 28.9. The fourth-order valence-corrected chi connectivity index (χ4v) is 13.0. The van der Waals surface area contributed by atoms with Gasteiger partial charge in [-0.25, -0.2) is 0 Å². The van der Waals surface area contributed by atoms with Crippen molar-refractivity contribution in [3.05, 3.63) is 251 Å². The molecule has 0 aliphatic carbocycles. The second kappa shape index (κ2) is 14.3. The van der Waals surface area contributed by atoms with Crippen molar-refractivity contribution < 1.29 is 0 Å². The van der Waals surface area contributed by atoms with Crippen LogP contribution in [0.3, 0.4) is 0 Å². The van der Waals surface area contributed by atoms with E-state index in [1.807, 2.05) is 45.2 Å². The van der Waals surface area contributed by atoms with Gasteiger partial charge < -0.3 is 9.13 Å². The quantitative estimate of drug-likeness (QED) is 0.165. The summed E-state index contributed by atoms with van der Waals surface area (Å²) >= 11 is 0. The van der Waals surface area contributed by atoms with Crippen LogP contribution in [0.15, 0.2) is 240 Å². The van der Waals surface area contributed by atoms with Crippen LogP contribution >= 0.6 is 0 Å². The van der Waals surface area contributed by atoms with Crippen LogP contribution in [0.25, 0.3) is 153 Å². The van der Waals surface area contributed by atoms with Crippen LogP contribution in [0.2, 0.25) is 0 Å². The summed E-state index contributed by atoms with van der Waals surface area (Å²) in [6.07, 6.45) is 0. The third-order valence-electron chi connectivity index (χ3n) is 16.2. The van der Waals surface area contributed by atoms with Crippen LogP contribution in [0, 0.1) is 0 Å². The van der Waals surface area contributed by atoms with Gasteiger partial charge in [0.1, 0.15) is 0 Å². The molecule has 6 heterocycles. The number of nitrogens with zero attached hydrogens (tertiary/aromatic N) is 4. The zero-order valence-electron chi connectivity index (χ0n) is 39.5. The Kier molecular flexibility index (Phi) is 7.67. The van der Waals surface area contributed by atoms with Crippen molar-refractivity contribution in [3.63, 3.8) is 0 Å². The van der Waals surface area contributed by atoms with Gasteiger partial charge in [0.15, 0.2) is 0 Å². The Morgan fingerprint density at radius 3 is 1.22 bits per heavy atom. The zero-order valence-corrected chi connectivity index (χ0v) is 39.5. The molecule has 6 heteroatoms. The molecule has 0 aliphatic heterocycles. The Labute approximate surface area is 420 Å². The van der Waals surface area contributed by atoms with Crippen LogP contribution in [-0.4, -0.2) is 17.9 Å². The van der Waals surface area contributed by atoms with Crippen molar-refractivity contribution in [3.8, 4) is 33.6 Å². The summed E-state index contributed by atoms with van der Waals surface area (Å²) in [6.45, 7) is 0. The fourth-order valence-electron chi connectivity index (χ4n) is 13.0. The van der Waals surface area contributed by atoms with Crippen molar-refractivity contribution in [1.82, 2.24) is 17.9 Å². The second-order valence-corrected chi connectivity index (χ2v) is 19.9. The molecule has 0 saturated carbocycles. The summed E-state index contributed by atoms with van der Waals surface area (Å²) in [7, 11) is 0. The molecule has 342 valence electrons. The highest BCUT2D eigenvalue weighted by Gasteiger charge is 2.23. The van der Waals surface area contributed by atoms with E-state index in [2.05, 4.69) is 203 Å². The maximum atomic E-state index is 14.8. The Morgan fingerprint density at radius 1 is 0.216 bits per heavy atom. The molecule has 0 unspecified atom stereocenters. The van der Waals surface area contributed by atoms with Crippen molar-refractivity contribution in [2.24, 2.45) is 0 Å². The topological polar surface area (TPSA) is 52.8 Å². The number of rotatable bonds is 4. The van der Waals surface area contributed by atoms with Gasteiger partial charge in [-0.1, -0.05) is 133 Å². The van der Waals surface area contributed by atoms with Gasteiger partial charge in [0, 0.05) is 76.0 Å². The molecular formula is C68H38N4O2. The highest BCUT2D eigenvalue weighted by molar-refractivity contribution is 6.24. The number of fused-ring (bicyclic) bond motifs is 16. The van der Waals surface area contributed by atoms with Crippen LogP contribution in [0.4, 0.5) is 0 Å². The Balaban J connectivity index is 0.894. The molecule has 0 amide bonds. The maximum Gasteiger partial charge on any atom is 0.263 e. The van der Waals surface area contributed by atoms with Gasteiger partial charge in [-0.2, -0.15) is 0 Å². The standard InChI is InChI=1S/C68H38N4O2/c73-67-51-21-5-4-16-45(51)55-34-42(35-56-48-19-8-12-24-61(48)71(67)65(55)56)41-26-29-50-54-33-40(28-31-63(54)69(64(50)36-41)43-14-2-1-3-15-43)39-27-30-52-53(32-39)58-38-44(37-57-49-20-9-13-25-62(49)72(66(57)58)68(52)74)70-59-22-10-6-17-46(59)47-18-7-11-23-60(47)70/h1-38H. The maximum absolute atomic E-state index is 14.8. The van der Waals surface area contributed by atoms with E-state index in [0.717, 1.165) is 132 Å². The van der Waals surface area contributed by atoms with Crippen LogP contribution in [-0.2, 0) is 0 Å². The molecule has 0 N–H and O–H groups in total. The Hall–Kier alpha value is -10.0. The number of aromatic nitrogens is 4. The monoisotopic (exact) mass is 942 g/mol. The molecule has 0 atom stereocenters. The van der Waals surface area contributed by atoms with E-state index >= 15 is 0 Å². The zero-order chi connectivity index (χ0) is 48.5. The van der Waals surface area contributed by atoms with E-state index in [-0.39, 0.29) is 11.1 Å². The van der Waals surface area contributed by atoms with Gasteiger partial charge in [-0.3, -0.25) is 18.4 Å². The number of hydrogen-bond donors (Lipinski definition) is 0. The van der Waals surface area contributed by atoms with Crippen molar-refractivity contribution in [1.29, 1.82) is 0 Å². The molecule has 0 bridgehead atoms. The van der Waals surface area contributed by atoms with Crippen molar-refractivity contribution in [2.75, 3.05) is 0 Å². The number of benzene rings is 11. The molecule has 74 heavy (non-hydrogen) atoms. The van der Waals surface area contributed by atoms with Crippen molar-refractivity contribution >= 4 is 120 Å². The van der Waals surface area contributed by atoms with E-state index in [9.17, 15) is 9.59 Å². The molecule has 6 nitrogen and oxygen atoms in total. The highest BCUT2D eigenvalue weighted by atomic mass is 16.1. The van der Waals surface area contributed by atoms with E-state index in [4.69, 9.17) is 0 Å². The SMILES string of the molecule is O=c1c2ccccc2c2cc(-c3ccc4c5cc(-c6ccc7c(=O)n8c9ccccc9c9cc(-n%10c%11ccccc%11c%11ccccc%11%10)cc(c7c6)c98)ccc5n(-c5ccccc5)c4c3)cc3c4ccccc4n1c23. The minimum absolute atomic E-state index is 0.00919. The normalized spacial score (nSPS) is 12.4. The first-order valence-corrected chi connectivity index (χ1v) is 25.2. The molecule has 17 rings (SSSR count). The second-order valence-electron chi connectivity index (χ2n) is 19.9. The average Bonchev–Trinajstić information content (AvgIpc) is 4.21. The van der Waals surface area contributed by atoms with Gasteiger partial charge >= 0.3 is 0 Å². The molecule has 17 aromatic rings. The smallest absolute Gasteiger partial charge is 0.263 e. The predicted molar refractivity (Wildman–Crippen MR) is 308 cm³/mol. The fraction of sp³-hybridized carbons (Fsp3) is 0. The number of hydrogen-bond acceptors (Lipinski definition) is 2. The molecule has 0 spiro atoms. The first-order chi connectivity index (χ1) is 36.6. The third-order valence-corrected chi connectivity index (χ3v) is 16.2. The summed E-state index contributed by atoms with van der Waals surface area (Å²) < 4.78 is 8.60. The van der Waals surface area contributed by atoms with Gasteiger partial charge in [0.25, 0.3) is 11.1 Å². The lowest BCUT2D eigenvalue weighted by atomic mass is 9.96. The van der Waals surface area contributed by atoms with Crippen molar-refractivity contribution in [2.45, 2.75) is 0 Å². The first-order valence-electron chi connectivity index (χ1n) is 25.2. The molecule has 0 saturated heterocycles. The van der Waals surface area contributed by atoms with Gasteiger partial charge in [0.05, 0.1) is 44.1 Å². The lowest BCUT2D eigenvalue weighted by Crippen LogP contribution is -2.13. The minimum atomic E-state index is -0.0149. The van der Waals surface area contributed by atoms with Gasteiger partial charge in [-0.15, -0.1) is 0 Å². The van der Waals surface area contributed by atoms with Crippen LogP contribution < -0.4 is 11.1 Å². The largest absolute Gasteiger partial charge is 0.309 e. The van der Waals surface area contributed by atoms with Gasteiger partial charge in [-0.05, 0) is 130 Å². The lowest BCUT2D eigenvalue weighted by molar-refractivity contribution is 1.18. The van der Waals surface area contributed by atoms with Crippen LogP contribution in [0.1, 0.15) is 0 Å². The third kappa shape index (κ3) is 5.12. The van der Waals surface area contributed by atoms with Gasteiger partial charge in [0.2, 0.25) is 0 Å². The first kappa shape index (κ1) is 39.7. The van der Waals surface area contributed by atoms with E-state index in [1.54, 1.807) is 0 Å². The molecule has 11 aromatic carbocycles. The molecule has 0 aliphatic rings. The Bertz CT molecular complexity index is 5370.